The third kappa shape index (κ3) is 4.34. The zero-order chi connectivity index (χ0) is 9.52. The molecule has 1 aliphatic heterocycles. The molecule has 1 heterocycles. The predicted molar refractivity (Wildman–Crippen MR) is 58.5 cm³/mol. The minimum atomic E-state index is 0.511. The molecule has 1 fully saturated rings. The Morgan fingerprint density at radius 3 is 2.85 bits per heavy atom. The summed E-state index contributed by atoms with van der Waals surface area (Å²) in [6, 6.07) is 0.511. The minimum Gasteiger partial charge on any atom is -0.390 e. The van der Waals surface area contributed by atoms with Crippen LogP contribution in [0.1, 0.15) is 32.1 Å². The first-order chi connectivity index (χ1) is 6.36. The summed E-state index contributed by atoms with van der Waals surface area (Å²) in [5, 5.41) is 12.1. The van der Waals surface area contributed by atoms with Crippen LogP contribution in [-0.4, -0.2) is 23.4 Å². The maximum absolute atomic E-state index is 8.65. The van der Waals surface area contributed by atoms with Crippen molar-refractivity contribution < 1.29 is 5.11 Å². The zero-order valence-corrected chi connectivity index (χ0v) is 8.97. The summed E-state index contributed by atoms with van der Waals surface area (Å²) in [6.07, 6.45) is 5.82. The van der Waals surface area contributed by atoms with E-state index in [4.69, 9.17) is 5.11 Å². The first-order valence-electron chi connectivity index (χ1n) is 5.17. The van der Waals surface area contributed by atoms with Crippen LogP contribution in [0.3, 0.4) is 0 Å². The molecule has 77 valence electrons. The minimum absolute atomic E-state index is 0.511. The normalized spacial score (nSPS) is 29.1. The highest BCUT2D eigenvalue weighted by Crippen LogP contribution is 2.20. The fourth-order valence-corrected chi connectivity index (χ4v) is 2.11. The van der Waals surface area contributed by atoms with Crippen LogP contribution in [0.5, 0.6) is 0 Å². The molecule has 1 radical (unpaired) electrons. The Bertz CT molecular complexity index is 124. The van der Waals surface area contributed by atoms with Crippen LogP contribution >= 0.6 is 12.6 Å². The van der Waals surface area contributed by atoms with Gasteiger partial charge in [0.1, 0.15) is 0 Å². The number of aliphatic hydroxyl groups is 1. The molecule has 1 rings (SSSR count). The van der Waals surface area contributed by atoms with E-state index < -0.39 is 0 Å². The number of piperidine rings is 1. The molecular formula is C10H20NOS. The summed E-state index contributed by atoms with van der Waals surface area (Å²) < 4.78 is 0. The van der Waals surface area contributed by atoms with Crippen LogP contribution in [0.2, 0.25) is 0 Å². The summed E-state index contributed by atoms with van der Waals surface area (Å²) in [6.45, 7) is 2.39. The summed E-state index contributed by atoms with van der Waals surface area (Å²) in [5.41, 5.74) is 0. The van der Waals surface area contributed by atoms with E-state index in [1.54, 1.807) is 0 Å². The lowest BCUT2D eigenvalue weighted by Gasteiger charge is -2.29. The van der Waals surface area contributed by atoms with E-state index in [2.05, 4.69) is 17.9 Å². The van der Waals surface area contributed by atoms with Crippen LogP contribution in [0, 0.1) is 12.5 Å². The van der Waals surface area contributed by atoms with E-state index in [0.717, 1.165) is 24.6 Å². The summed E-state index contributed by atoms with van der Waals surface area (Å²) >= 11 is 4.21. The highest BCUT2D eigenvalue weighted by atomic mass is 32.1. The molecule has 0 aliphatic carbocycles. The number of hydrogen-bond donors (Lipinski definition) is 3. The summed E-state index contributed by atoms with van der Waals surface area (Å²) in [5.74, 6) is 1.84. The maximum atomic E-state index is 8.65. The van der Waals surface area contributed by atoms with Gasteiger partial charge in [0, 0.05) is 6.04 Å². The van der Waals surface area contributed by atoms with E-state index in [9.17, 15) is 0 Å². The quantitative estimate of drug-likeness (QED) is 0.596. The molecule has 3 heteroatoms. The van der Waals surface area contributed by atoms with Crippen LogP contribution < -0.4 is 5.32 Å². The lowest BCUT2D eigenvalue weighted by molar-refractivity contribution is 0.266. The molecular weight excluding hydrogens is 182 g/mol. The Morgan fingerprint density at radius 1 is 1.46 bits per heavy atom. The Morgan fingerprint density at radius 2 is 2.31 bits per heavy atom. The van der Waals surface area contributed by atoms with E-state index >= 15 is 0 Å². The molecule has 2 atom stereocenters. The number of nitrogens with one attached hydrogen (secondary N) is 1. The predicted octanol–water partition coefficient (Wildman–Crippen LogP) is 1.99. The van der Waals surface area contributed by atoms with Crippen LogP contribution in [-0.2, 0) is 0 Å². The molecule has 1 aliphatic rings. The van der Waals surface area contributed by atoms with E-state index in [-0.39, 0.29) is 0 Å². The molecule has 0 amide bonds. The standard InChI is InChI=1S/C10H20NOS/c12-6-5-10-4-3-9(8-11-10)2-1-7-13/h6,9-13H,1-5,7-8H2. The third-order valence-corrected chi connectivity index (χ3v) is 3.10. The summed E-state index contributed by atoms with van der Waals surface area (Å²) in [7, 11) is 0. The van der Waals surface area contributed by atoms with Gasteiger partial charge in [-0.15, -0.1) is 0 Å². The largest absolute Gasteiger partial charge is 0.390 e. The van der Waals surface area contributed by atoms with Crippen molar-refractivity contribution in [2.24, 2.45) is 5.92 Å². The Kier molecular flexibility index (Phi) is 5.83. The number of rotatable bonds is 5. The van der Waals surface area contributed by atoms with Gasteiger partial charge in [-0.05, 0) is 50.3 Å². The lowest BCUT2D eigenvalue weighted by atomic mass is 9.90. The summed E-state index contributed by atoms with van der Waals surface area (Å²) in [4.78, 5) is 0. The van der Waals surface area contributed by atoms with Gasteiger partial charge in [0.2, 0.25) is 0 Å². The van der Waals surface area contributed by atoms with E-state index in [1.807, 2.05) is 0 Å². The van der Waals surface area contributed by atoms with Crippen molar-refractivity contribution in [2.45, 2.75) is 38.1 Å². The second-order valence-corrected chi connectivity index (χ2v) is 4.28. The molecule has 2 N–H and O–H groups in total. The second kappa shape index (κ2) is 6.68. The van der Waals surface area contributed by atoms with Gasteiger partial charge in [-0.1, -0.05) is 0 Å². The number of aliphatic hydroxyl groups excluding tert-OH is 1. The maximum Gasteiger partial charge on any atom is 0.0814 e. The lowest BCUT2D eigenvalue weighted by Crippen LogP contribution is -2.38. The smallest absolute Gasteiger partial charge is 0.0814 e. The molecule has 2 nitrogen and oxygen atoms in total. The molecule has 0 aromatic heterocycles. The highest BCUT2D eigenvalue weighted by Gasteiger charge is 2.19. The Hall–Kier alpha value is 0.270. The Labute approximate surface area is 86.5 Å². The van der Waals surface area contributed by atoms with Gasteiger partial charge in [0.25, 0.3) is 0 Å². The van der Waals surface area contributed by atoms with Crippen LogP contribution in [0.25, 0.3) is 0 Å². The van der Waals surface area contributed by atoms with Crippen LogP contribution in [0.15, 0.2) is 0 Å². The first-order valence-corrected chi connectivity index (χ1v) is 5.80. The fourth-order valence-electron chi connectivity index (χ4n) is 1.93. The second-order valence-electron chi connectivity index (χ2n) is 3.83. The average Bonchev–Trinajstić information content (AvgIpc) is 2.17. The molecule has 1 saturated heterocycles. The number of thiol groups is 1. The van der Waals surface area contributed by atoms with Gasteiger partial charge < -0.3 is 10.4 Å². The van der Waals surface area contributed by atoms with Gasteiger partial charge in [-0.25, -0.2) is 0 Å². The highest BCUT2D eigenvalue weighted by molar-refractivity contribution is 7.80. The van der Waals surface area contributed by atoms with Crippen molar-refractivity contribution in [3.05, 3.63) is 6.61 Å². The zero-order valence-electron chi connectivity index (χ0n) is 8.08. The SMILES string of the molecule is O[CH]CC1CCC(CCCS)CN1. The van der Waals surface area contributed by atoms with Gasteiger partial charge >= 0.3 is 0 Å². The molecule has 0 saturated carbocycles. The van der Waals surface area contributed by atoms with E-state index in [0.29, 0.717) is 6.04 Å². The molecule has 2 unspecified atom stereocenters. The van der Waals surface area contributed by atoms with Crippen molar-refractivity contribution in [1.82, 2.24) is 5.32 Å². The van der Waals surface area contributed by atoms with Gasteiger partial charge in [0.05, 0.1) is 6.61 Å². The molecule has 0 spiro atoms. The van der Waals surface area contributed by atoms with E-state index in [1.165, 1.54) is 32.3 Å². The third-order valence-electron chi connectivity index (χ3n) is 2.78. The molecule has 13 heavy (non-hydrogen) atoms. The topological polar surface area (TPSA) is 32.3 Å². The average molecular weight is 202 g/mol. The monoisotopic (exact) mass is 202 g/mol. The van der Waals surface area contributed by atoms with Gasteiger partial charge in [-0.2, -0.15) is 12.6 Å². The van der Waals surface area contributed by atoms with Crippen molar-refractivity contribution in [2.75, 3.05) is 12.3 Å². The number of hydrogen-bond acceptors (Lipinski definition) is 3. The first kappa shape index (κ1) is 11.3. The fraction of sp³-hybridized carbons (Fsp3) is 0.900. The molecule has 0 bridgehead atoms. The van der Waals surface area contributed by atoms with Crippen LogP contribution in [0.4, 0.5) is 0 Å². The van der Waals surface area contributed by atoms with Crippen molar-refractivity contribution in [3.8, 4) is 0 Å². The van der Waals surface area contributed by atoms with Crippen molar-refractivity contribution in [1.29, 1.82) is 0 Å². The van der Waals surface area contributed by atoms with Gasteiger partial charge in [0.15, 0.2) is 0 Å². The molecule has 0 aromatic carbocycles. The Balaban J connectivity index is 2.08. The van der Waals surface area contributed by atoms with Gasteiger partial charge in [-0.3, -0.25) is 0 Å². The molecule has 0 aromatic rings. The van der Waals surface area contributed by atoms with Crippen molar-refractivity contribution >= 4 is 12.6 Å². The van der Waals surface area contributed by atoms with Crippen molar-refractivity contribution in [3.63, 3.8) is 0 Å².